The zero-order valence-corrected chi connectivity index (χ0v) is 14.4. The van der Waals surface area contributed by atoms with Crippen LogP contribution in [-0.2, 0) is 19.6 Å². The molecule has 0 atom stereocenters. The minimum Gasteiger partial charge on any atom is -0.486 e. The van der Waals surface area contributed by atoms with Crippen LogP contribution >= 0.6 is 11.3 Å². The maximum Gasteiger partial charge on any atom is 0.326 e. The topological polar surface area (TPSA) is 82.1 Å². The molecule has 0 radical (unpaired) electrons. The van der Waals surface area contributed by atoms with E-state index in [1.54, 1.807) is 29.6 Å². The quantitative estimate of drug-likeness (QED) is 0.749. The highest BCUT2D eigenvalue weighted by Crippen LogP contribution is 2.36. The van der Waals surface area contributed by atoms with Gasteiger partial charge in [0.15, 0.2) is 11.5 Å². The van der Waals surface area contributed by atoms with Crippen molar-refractivity contribution in [3.05, 3.63) is 35.7 Å². The molecule has 0 unspecified atom stereocenters. The van der Waals surface area contributed by atoms with Crippen molar-refractivity contribution in [2.45, 2.75) is 4.21 Å². The summed E-state index contributed by atoms with van der Waals surface area (Å²) in [6.07, 6.45) is 0. The van der Waals surface area contributed by atoms with Crippen molar-refractivity contribution < 1.29 is 27.4 Å². The Balaban J connectivity index is 2.03. The first-order valence-corrected chi connectivity index (χ1v) is 9.37. The number of thiophene rings is 1. The van der Waals surface area contributed by atoms with Gasteiger partial charge in [0.25, 0.3) is 10.0 Å². The van der Waals surface area contributed by atoms with Crippen molar-refractivity contribution in [2.24, 2.45) is 0 Å². The molecular weight excluding hydrogens is 354 g/mol. The molecule has 0 N–H and O–H groups in total. The van der Waals surface area contributed by atoms with Crippen LogP contribution in [0.5, 0.6) is 11.5 Å². The van der Waals surface area contributed by atoms with Gasteiger partial charge in [-0.15, -0.1) is 11.3 Å². The van der Waals surface area contributed by atoms with Gasteiger partial charge in [0.05, 0.1) is 12.8 Å². The second-order valence-electron chi connectivity index (χ2n) is 4.85. The number of benzene rings is 1. The highest BCUT2D eigenvalue weighted by molar-refractivity contribution is 7.94. The van der Waals surface area contributed by atoms with Crippen LogP contribution in [0.2, 0.25) is 0 Å². The van der Waals surface area contributed by atoms with E-state index < -0.39 is 22.5 Å². The first-order chi connectivity index (χ1) is 11.5. The number of hydrogen-bond donors (Lipinski definition) is 0. The summed E-state index contributed by atoms with van der Waals surface area (Å²) in [5, 5.41) is 1.66. The Morgan fingerprint density at radius 3 is 2.67 bits per heavy atom. The monoisotopic (exact) mass is 369 g/mol. The van der Waals surface area contributed by atoms with E-state index in [0.717, 1.165) is 15.6 Å². The summed E-state index contributed by atoms with van der Waals surface area (Å²) >= 11 is 1.08. The predicted octanol–water partition coefficient (Wildman–Crippen LogP) is 1.89. The Hall–Kier alpha value is -2.26. The van der Waals surface area contributed by atoms with Gasteiger partial charge >= 0.3 is 5.97 Å². The summed E-state index contributed by atoms with van der Waals surface area (Å²) < 4.78 is 42.4. The van der Waals surface area contributed by atoms with Crippen LogP contribution < -0.4 is 13.8 Å². The van der Waals surface area contributed by atoms with E-state index in [2.05, 4.69) is 4.74 Å². The van der Waals surface area contributed by atoms with E-state index in [9.17, 15) is 13.2 Å². The molecular formula is C15H15NO6S2. The van der Waals surface area contributed by atoms with E-state index in [4.69, 9.17) is 9.47 Å². The van der Waals surface area contributed by atoms with Crippen molar-refractivity contribution in [3.8, 4) is 11.5 Å². The van der Waals surface area contributed by atoms with E-state index in [0.29, 0.717) is 30.4 Å². The molecule has 9 heteroatoms. The van der Waals surface area contributed by atoms with Crippen LogP contribution in [0.25, 0.3) is 0 Å². The third kappa shape index (κ3) is 3.17. The number of nitrogens with zero attached hydrogens (tertiary/aromatic N) is 1. The van der Waals surface area contributed by atoms with Gasteiger partial charge in [0.2, 0.25) is 0 Å². The number of rotatable bonds is 5. The number of sulfonamides is 1. The van der Waals surface area contributed by atoms with Gasteiger partial charge < -0.3 is 14.2 Å². The fraction of sp³-hybridized carbons (Fsp3) is 0.267. The normalized spacial score (nSPS) is 13.4. The molecule has 1 aliphatic rings. The van der Waals surface area contributed by atoms with Gasteiger partial charge in [-0.3, -0.25) is 9.10 Å². The van der Waals surface area contributed by atoms with Gasteiger partial charge in [-0.2, -0.15) is 0 Å². The average molecular weight is 369 g/mol. The molecule has 0 spiro atoms. The van der Waals surface area contributed by atoms with Crippen LogP contribution in [0.1, 0.15) is 0 Å². The minimum absolute atomic E-state index is 0.140. The van der Waals surface area contributed by atoms with Gasteiger partial charge in [-0.1, -0.05) is 6.07 Å². The first kappa shape index (κ1) is 16.6. The standard InChI is InChI=1S/C15H15NO6S2/c1-20-14(17)10-16(24(18,19)15-3-2-8-23-15)11-4-5-12-13(9-11)22-7-6-21-12/h2-5,8-9H,6-7,10H2,1H3. The van der Waals surface area contributed by atoms with Gasteiger partial charge in [0, 0.05) is 6.07 Å². The second-order valence-corrected chi connectivity index (χ2v) is 7.88. The molecule has 2 aromatic rings. The second kappa shape index (κ2) is 6.70. The number of methoxy groups -OCH3 is 1. The Morgan fingerprint density at radius 1 is 1.25 bits per heavy atom. The minimum atomic E-state index is -3.89. The smallest absolute Gasteiger partial charge is 0.326 e. The molecule has 7 nitrogen and oxygen atoms in total. The Kier molecular flexibility index (Phi) is 4.63. The summed E-state index contributed by atoms with van der Waals surface area (Å²) in [4.78, 5) is 11.7. The van der Waals surface area contributed by atoms with E-state index in [-0.39, 0.29) is 4.21 Å². The number of anilines is 1. The summed E-state index contributed by atoms with van der Waals surface area (Å²) in [7, 11) is -2.68. The zero-order chi connectivity index (χ0) is 17.2. The molecule has 1 aromatic carbocycles. The number of fused-ring (bicyclic) bond motifs is 1. The highest BCUT2D eigenvalue weighted by atomic mass is 32.2. The fourth-order valence-electron chi connectivity index (χ4n) is 2.20. The maximum absolute atomic E-state index is 12.9. The fourth-order valence-corrected chi connectivity index (χ4v) is 4.71. The molecule has 0 aliphatic carbocycles. The molecule has 0 amide bonds. The SMILES string of the molecule is COC(=O)CN(c1ccc2c(c1)OCCO2)S(=O)(=O)c1cccs1. The van der Waals surface area contributed by atoms with Crippen LogP contribution in [0.3, 0.4) is 0 Å². The first-order valence-electron chi connectivity index (χ1n) is 7.05. The Morgan fingerprint density at radius 2 is 2.00 bits per heavy atom. The molecule has 128 valence electrons. The Bertz CT molecular complexity index is 832. The van der Waals surface area contributed by atoms with Crippen molar-refractivity contribution in [1.29, 1.82) is 0 Å². The van der Waals surface area contributed by atoms with Crippen LogP contribution in [0.15, 0.2) is 39.9 Å². The van der Waals surface area contributed by atoms with Gasteiger partial charge in [0.1, 0.15) is 24.0 Å². The number of carbonyl (C=O) groups is 1. The third-order valence-corrected chi connectivity index (χ3v) is 6.50. The molecule has 3 rings (SSSR count). The largest absolute Gasteiger partial charge is 0.486 e. The van der Waals surface area contributed by atoms with E-state index in [1.807, 2.05) is 0 Å². The molecule has 2 heterocycles. The van der Waals surface area contributed by atoms with Crippen molar-refractivity contribution >= 4 is 33.0 Å². The third-order valence-electron chi connectivity index (χ3n) is 3.35. The maximum atomic E-state index is 12.9. The summed E-state index contributed by atoms with van der Waals surface area (Å²) in [6.45, 7) is 0.382. The predicted molar refractivity (Wildman–Crippen MR) is 88.3 cm³/mol. The van der Waals surface area contributed by atoms with Crippen LogP contribution in [-0.4, -0.2) is 41.3 Å². The van der Waals surface area contributed by atoms with Crippen LogP contribution in [0, 0.1) is 0 Å². The molecule has 24 heavy (non-hydrogen) atoms. The molecule has 0 fully saturated rings. The lowest BCUT2D eigenvalue weighted by molar-refractivity contribution is -0.138. The summed E-state index contributed by atoms with van der Waals surface area (Å²) in [5.74, 6) is 0.316. The van der Waals surface area contributed by atoms with Crippen molar-refractivity contribution in [1.82, 2.24) is 0 Å². The number of ether oxygens (including phenoxy) is 3. The highest BCUT2D eigenvalue weighted by Gasteiger charge is 2.29. The lowest BCUT2D eigenvalue weighted by atomic mass is 10.2. The van der Waals surface area contributed by atoms with E-state index >= 15 is 0 Å². The Labute approximate surface area is 143 Å². The number of hydrogen-bond acceptors (Lipinski definition) is 7. The lowest BCUT2D eigenvalue weighted by Gasteiger charge is -2.25. The molecule has 0 saturated carbocycles. The number of esters is 1. The molecule has 1 aliphatic heterocycles. The lowest BCUT2D eigenvalue weighted by Crippen LogP contribution is -2.36. The number of carbonyl (C=O) groups excluding carboxylic acids is 1. The average Bonchev–Trinajstić information content (AvgIpc) is 3.14. The van der Waals surface area contributed by atoms with Gasteiger partial charge in [-0.25, -0.2) is 8.42 Å². The zero-order valence-electron chi connectivity index (χ0n) is 12.8. The van der Waals surface area contributed by atoms with E-state index in [1.165, 1.54) is 13.2 Å². The molecule has 0 saturated heterocycles. The molecule has 1 aromatic heterocycles. The van der Waals surface area contributed by atoms with Crippen molar-refractivity contribution in [3.63, 3.8) is 0 Å². The molecule has 0 bridgehead atoms. The van der Waals surface area contributed by atoms with Crippen LogP contribution in [0.4, 0.5) is 5.69 Å². The van der Waals surface area contributed by atoms with Gasteiger partial charge in [-0.05, 0) is 23.6 Å². The van der Waals surface area contributed by atoms with Crippen molar-refractivity contribution in [2.75, 3.05) is 31.2 Å². The summed E-state index contributed by atoms with van der Waals surface area (Å²) in [6, 6.07) is 7.86. The summed E-state index contributed by atoms with van der Waals surface area (Å²) in [5.41, 5.74) is 0.304.